The van der Waals surface area contributed by atoms with E-state index in [1.54, 1.807) is 0 Å². The van der Waals surface area contributed by atoms with Crippen LogP contribution in [0.3, 0.4) is 0 Å². The lowest BCUT2D eigenvalue weighted by molar-refractivity contribution is -0.694. The van der Waals surface area contributed by atoms with Gasteiger partial charge >= 0.3 is 0 Å². The van der Waals surface area contributed by atoms with E-state index < -0.39 is 0 Å². The molecule has 1 saturated carbocycles. The van der Waals surface area contributed by atoms with E-state index in [-0.39, 0.29) is 17.5 Å². The van der Waals surface area contributed by atoms with Gasteiger partial charge in [-0.25, -0.2) is 0 Å². The summed E-state index contributed by atoms with van der Waals surface area (Å²) in [5.74, 6) is 1.92. The molecule has 98 valence electrons. The van der Waals surface area contributed by atoms with Gasteiger partial charge in [-0.1, -0.05) is 12.8 Å². The zero-order chi connectivity index (χ0) is 12.5. The van der Waals surface area contributed by atoms with Gasteiger partial charge in [-0.3, -0.25) is 4.79 Å². The van der Waals surface area contributed by atoms with Gasteiger partial charge in [0, 0.05) is 17.9 Å². The molecule has 0 unspecified atom stereocenters. The fourth-order valence-electron chi connectivity index (χ4n) is 3.34. The molecular weight excluding hydrogens is 212 g/mol. The van der Waals surface area contributed by atoms with E-state index in [9.17, 15) is 4.79 Å². The zero-order valence-electron chi connectivity index (χ0n) is 11.5. The van der Waals surface area contributed by atoms with E-state index >= 15 is 0 Å². The average molecular weight is 239 g/mol. The third kappa shape index (κ3) is 3.44. The number of nitrogens with one attached hydrogen (secondary N) is 1. The SMILES string of the molecule is CC(C)(C)NC(=O)[C@@H]1C[C@H]2CCCC[C@H]2C[NH2+]1. The van der Waals surface area contributed by atoms with Crippen molar-refractivity contribution in [2.24, 2.45) is 11.8 Å². The monoisotopic (exact) mass is 239 g/mol. The largest absolute Gasteiger partial charge is 0.346 e. The Morgan fingerprint density at radius 1 is 1.18 bits per heavy atom. The van der Waals surface area contributed by atoms with Gasteiger partial charge in [-0.2, -0.15) is 0 Å². The minimum absolute atomic E-state index is 0.103. The summed E-state index contributed by atoms with van der Waals surface area (Å²) in [4.78, 5) is 12.1. The molecule has 1 aliphatic carbocycles. The predicted octanol–water partition coefficient (Wildman–Crippen LogP) is 1.04. The molecule has 0 radical (unpaired) electrons. The molecule has 1 aliphatic heterocycles. The van der Waals surface area contributed by atoms with Crippen LogP contribution in [0.15, 0.2) is 0 Å². The minimum atomic E-state index is -0.103. The molecule has 2 rings (SSSR count). The van der Waals surface area contributed by atoms with Crippen molar-refractivity contribution in [1.82, 2.24) is 5.32 Å². The Hall–Kier alpha value is -0.570. The van der Waals surface area contributed by atoms with Gasteiger partial charge in [0.2, 0.25) is 0 Å². The normalized spacial score (nSPS) is 33.9. The van der Waals surface area contributed by atoms with Crippen molar-refractivity contribution in [3.8, 4) is 0 Å². The maximum Gasteiger partial charge on any atom is 0.278 e. The molecule has 2 fully saturated rings. The molecule has 17 heavy (non-hydrogen) atoms. The Morgan fingerprint density at radius 3 is 2.47 bits per heavy atom. The Labute approximate surface area is 105 Å². The number of hydrogen-bond acceptors (Lipinski definition) is 1. The van der Waals surface area contributed by atoms with Crippen LogP contribution in [0.2, 0.25) is 0 Å². The maximum absolute atomic E-state index is 12.1. The van der Waals surface area contributed by atoms with Crippen molar-refractivity contribution < 1.29 is 10.1 Å². The highest BCUT2D eigenvalue weighted by Gasteiger charge is 2.38. The lowest BCUT2D eigenvalue weighted by Gasteiger charge is -2.37. The molecule has 3 heteroatoms. The van der Waals surface area contributed by atoms with Crippen molar-refractivity contribution in [1.29, 1.82) is 0 Å². The topological polar surface area (TPSA) is 45.7 Å². The van der Waals surface area contributed by atoms with Crippen LogP contribution >= 0.6 is 0 Å². The number of fused-ring (bicyclic) bond motifs is 1. The van der Waals surface area contributed by atoms with Crippen molar-refractivity contribution in [2.45, 2.75) is 64.5 Å². The minimum Gasteiger partial charge on any atom is -0.346 e. The molecule has 1 saturated heterocycles. The fraction of sp³-hybridized carbons (Fsp3) is 0.929. The summed E-state index contributed by atoms with van der Waals surface area (Å²) in [5, 5.41) is 5.39. The molecule has 2 aliphatic rings. The molecule has 0 aromatic carbocycles. The number of rotatable bonds is 1. The first-order valence-corrected chi connectivity index (χ1v) is 7.11. The number of hydrogen-bond donors (Lipinski definition) is 2. The van der Waals surface area contributed by atoms with Crippen LogP contribution in [0, 0.1) is 11.8 Å². The molecule has 1 heterocycles. The number of piperidine rings is 1. The third-order valence-electron chi connectivity index (χ3n) is 4.18. The molecule has 1 amide bonds. The predicted molar refractivity (Wildman–Crippen MR) is 68.5 cm³/mol. The maximum atomic E-state index is 12.1. The molecule has 3 atom stereocenters. The summed E-state index contributed by atoms with van der Waals surface area (Å²) in [6.07, 6.45) is 6.59. The van der Waals surface area contributed by atoms with Crippen LogP contribution in [0.5, 0.6) is 0 Å². The fourth-order valence-corrected chi connectivity index (χ4v) is 3.34. The Bertz CT molecular complexity index is 282. The molecule has 3 N–H and O–H groups in total. The van der Waals surface area contributed by atoms with Crippen LogP contribution in [0.1, 0.15) is 52.9 Å². The summed E-state index contributed by atoms with van der Waals surface area (Å²) in [7, 11) is 0. The molecule has 0 aromatic heterocycles. The van der Waals surface area contributed by atoms with Crippen LogP contribution in [-0.4, -0.2) is 24.0 Å². The summed E-state index contributed by atoms with van der Waals surface area (Å²) in [6, 6.07) is 0.161. The van der Waals surface area contributed by atoms with E-state index in [0.29, 0.717) is 0 Å². The molecule has 0 aromatic rings. The molecular formula is C14H27N2O+. The molecule has 0 bridgehead atoms. The van der Waals surface area contributed by atoms with E-state index in [4.69, 9.17) is 0 Å². The lowest BCUT2D eigenvalue weighted by Crippen LogP contribution is -2.96. The van der Waals surface area contributed by atoms with Crippen molar-refractivity contribution >= 4 is 5.91 Å². The van der Waals surface area contributed by atoms with Crippen molar-refractivity contribution in [2.75, 3.05) is 6.54 Å². The number of amides is 1. The summed E-state index contributed by atoms with van der Waals surface area (Å²) < 4.78 is 0. The third-order valence-corrected chi connectivity index (χ3v) is 4.18. The average Bonchev–Trinajstić information content (AvgIpc) is 2.26. The van der Waals surface area contributed by atoms with E-state index in [0.717, 1.165) is 24.8 Å². The van der Waals surface area contributed by atoms with Crippen LogP contribution in [0.4, 0.5) is 0 Å². The van der Waals surface area contributed by atoms with Gasteiger partial charge in [-0.15, -0.1) is 0 Å². The van der Waals surface area contributed by atoms with Gasteiger partial charge < -0.3 is 10.6 Å². The van der Waals surface area contributed by atoms with Gasteiger partial charge in [0.15, 0.2) is 6.04 Å². The van der Waals surface area contributed by atoms with Gasteiger partial charge in [-0.05, 0) is 39.5 Å². The number of nitrogens with two attached hydrogens (primary N) is 1. The summed E-state index contributed by atoms with van der Waals surface area (Å²) >= 11 is 0. The Morgan fingerprint density at radius 2 is 1.82 bits per heavy atom. The quantitative estimate of drug-likeness (QED) is 0.706. The smallest absolute Gasteiger partial charge is 0.278 e. The lowest BCUT2D eigenvalue weighted by atomic mass is 9.73. The summed E-state index contributed by atoms with van der Waals surface area (Å²) in [5.41, 5.74) is -0.103. The molecule has 3 nitrogen and oxygen atoms in total. The first-order valence-electron chi connectivity index (χ1n) is 7.11. The second-order valence-corrected chi connectivity index (χ2v) is 6.86. The highest BCUT2D eigenvalue weighted by Crippen LogP contribution is 2.33. The van der Waals surface area contributed by atoms with E-state index in [1.807, 2.05) is 0 Å². The molecule has 0 spiro atoms. The van der Waals surface area contributed by atoms with Gasteiger partial charge in [0.05, 0.1) is 6.54 Å². The first-order chi connectivity index (χ1) is 7.96. The highest BCUT2D eigenvalue weighted by atomic mass is 16.2. The standard InChI is InChI=1S/C14H26N2O/c1-14(2,3)16-13(17)12-8-10-6-4-5-7-11(10)9-15-12/h10-12,15H,4-9H2,1-3H3,(H,16,17)/p+1/t10-,11+,12+/m1/s1. The second kappa shape index (κ2) is 4.97. The van der Waals surface area contributed by atoms with Crippen molar-refractivity contribution in [3.63, 3.8) is 0 Å². The van der Waals surface area contributed by atoms with Crippen molar-refractivity contribution in [3.05, 3.63) is 0 Å². The Kier molecular flexibility index (Phi) is 3.76. The zero-order valence-corrected chi connectivity index (χ0v) is 11.5. The Balaban J connectivity index is 1.89. The summed E-state index contributed by atoms with van der Waals surface area (Å²) in [6.45, 7) is 7.32. The van der Waals surface area contributed by atoms with Crippen LogP contribution < -0.4 is 10.6 Å². The number of carbonyl (C=O) groups is 1. The van der Waals surface area contributed by atoms with Gasteiger partial charge in [0.1, 0.15) is 0 Å². The second-order valence-electron chi connectivity index (χ2n) is 6.86. The van der Waals surface area contributed by atoms with Crippen LogP contribution in [0.25, 0.3) is 0 Å². The number of carbonyl (C=O) groups excluding carboxylic acids is 1. The van der Waals surface area contributed by atoms with E-state index in [2.05, 4.69) is 31.4 Å². The number of quaternary nitrogens is 1. The highest BCUT2D eigenvalue weighted by molar-refractivity contribution is 5.80. The first kappa shape index (κ1) is 12.9. The van der Waals surface area contributed by atoms with E-state index in [1.165, 1.54) is 25.7 Å². The van der Waals surface area contributed by atoms with Crippen LogP contribution in [-0.2, 0) is 4.79 Å². The van der Waals surface area contributed by atoms with Gasteiger partial charge in [0.25, 0.3) is 5.91 Å².